The lowest BCUT2D eigenvalue weighted by atomic mass is 9.95. The molecule has 5 rings (SSSR count). The number of aliphatic imine (C=N–C) groups is 1. The molecule has 3 aliphatic rings. The maximum Gasteiger partial charge on any atom is 0.414 e. The van der Waals surface area contributed by atoms with E-state index in [9.17, 15) is 27.6 Å². The van der Waals surface area contributed by atoms with E-state index < -0.39 is 35.3 Å². The Labute approximate surface area is 249 Å². The molecule has 0 spiro atoms. The molecule has 0 bridgehead atoms. The molecular weight excluding hydrogens is 592 g/mol. The average molecular weight is 623 g/mol. The van der Waals surface area contributed by atoms with E-state index in [0.717, 1.165) is 11.3 Å². The fraction of sp³-hybridized carbons (Fsp3) is 0.464. The standard InChI is InChI=1S/C28H30F4N6O4S/c1-15-12-38(13-16(2)36(15)3)23-10-20(29)17(22-14-43-26(35-22)27(41)37-4-6-42-7-5-37)8-21(23)34-25(40)18-11-33-24(39)9-19(18)28(30,31)32/h8-11,14-16,18H,4-7,12-13H2,1-3H3,(H,34,40)/t15-,16+,18?. The number of rotatable bonds is 5. The van der Waals surface area contributed by atoms with E-state index in [0.29, 0.717) is 51.7 Å². The molecule has 0 aliphatic carbocycles. The van der Waals surface area contributed by atoms with Crippen molar-refractivity contribution in [3.8, 4) is 11.3 Å². The summed E-state index contributed by atoms with van der Waals surface area (Å²) in [6, 6.07) is 2.64. The van der Waals surface area contributed by atoms with E-state index >= 15 is 4.39 Å². The van der Waals surface area contributed by atoms with Crippen molar-refractivity contribution in [3.05, 3.63) is 40.0 Å². The third-order valence-corrected chi connectivity index (χ3v) is 8.71. The fourth-order valence-corrected chi connectivity index (χ4v) is 6.07. The van der Waals surface area contributed by atoms with Gasteiger partial charge in [-0.15, -0.1) is 11.3 Å². The average Bonchev–Trinajstić information content (AvgIpc) is 3.46. The van der Waals surface area contributed by atoms with Crippen molar-refractivity contribution in [2.24, 2.45) is 10.9 Å². The number of thiazole rings is 1. The number of likely N-dealkylation sites (N-methyl/N-ethyl adjacent to an activating group) is 1. The van der Waals surface area contributed by atoms with E-state index in [2.05, 4.69) is 20.2 Å². The molecule has 1 aromatic carbocycles. The summed E-state index contributed by atoms with van der Waals surface area (Å²) >= 11 is 1.04. The molecule has 2 saturated heterocycles. The second kappa shape index (κ2) is 12.1. The molecule has 1 aromatic heterocycles. The molecule has 10 nitrogen and oxygen atoms in total. The molecule has 1 unspecified atom stereocenters. The maximum atomic E-state index is 15.7. The first kappa shape index (κ1) is 30.8. The number of halogens is 4. The first-order chi connectivity index (χ1) is 20.3. The van der Waals surface area contributed by atoms with Crippen molar-refractivity contribution in [2.75, 3.05) is 56.7 Å². The summed E-state index contributed by atoms with van der Waals surface area (Å²) in [5.41, 5.74) is -0.900. The molecule has 15 heteroatoms. The Bertz CT molecular complexity index is 1470. The lowest BCUT2D eigenvalue weighted by molar-refractivity contribution is -0.124. The number of nitrogens with one attached hydrogen (secondary N) is 1. The predicted molar refractivity (Wildman–Crippen MR) is 153 cm³/mol. The molecule has 2 aromatic rings. The van der Waals surface area contributed by atoms with Gasteiger partial charge in [-0.3, -0.25) is 19.3 Å². The smallest absolute Gasteiger partial charge is 0.378 e. The fourth-order valence-electron chi connectivity index (χ4n) is 5.29. The number of morpholine rings is 1. The van der Waals surface area contributed by atoms with Crippen LogP contribution in [0.2, 0.25) is 0 Å². The molecule has 1 N–H and O–H groups in total. The van der Waals surface area contributed by atoms with Gasteiger partial charge in [0.2, 0.25) is 5.91 Å². The van der Waals surface area contributed by atoms with Gasteiger partial charge in [0, 0.05) is 61.5 Å². The van der Waals surface area contributed by atoms with Gasteiger partial charge in [0.05, 0.1) is 35.9 Å². The zero-order chi connectivity index (χ0) is 31.1. The number of carbonyl (C=O) groups is 3. The summed E-state index contributed by atoms with van der Waals surface area (Å²) in [6.07, 6.45) is -3.99. The van der Waals surface area contributed by atoms with E-state index in [1.54, 1.807) is 4.90 Å². The highest BCUT2D eigenvalue weighted by Crippen LogP contribution is 2.38. The number of hydrogen-bond acceptors (Lipinski definition) is 8. The van der Waals surface area contributed by atoms with Crippen LogP contribution >= 0.6 is 11.3 Å². The Morgan fingerprint density at radius 2 is 1.79 bits per heavy atom. The van der Waals surface area contributed by atoms with Crippen LogP contribution < -0.4 is 10.2 Å². The zero-order valence-corrected chi connectivity index (χ0v) is 24.5. The first-order valence-corrected chi connectivity index (χ1v) is 14.5. The largest absolute Gasteiger partial charge is 0.414 e. The van der Waals surface area contributed by atoms with Gasteiger partial charge in [0.25, 0.3) is 11.8 Å². The summed E-state index contributed by atoms with van der Waals surface area (Å²) in [5.74, 6) is -5.09. The summed E-state index contributed by atoms with van der Waals surface area (Å²) < 4.78 is 62.2. The number of dihydropyridines is 1. The van der Waals surface area contributed by atoms with Crippen molar-refractivity contribution >= 4 is 46.6 Å². The van der Waals surface area contributed by atoms with E-state index in [4.69, 9.17) is 4.74 Å². The number of anilines is 2. The van der Waals surface area contributed by atoms with Gasteiger partial charge in [-0.25, -0.2) is 14.4 Å². The molecule has 0 saturated carbocycles. The second-order valence-electron chi connectivity index (χ2n) is 10.7. The number of hydrogen-bond donors (Lipinski definition) is 1. The third-order valence-electron chi connectivity index (χ3n) is 7.88. The number of carbonyl (C=O) groups excluding carboxylic acids is 3. The Kier molecular flexibility index (Phi) is 8.68. The van der Waals surface area contributed by atoms with Crippen molar-refractivity contribution in [3.63, 3.8) is 0 Å². The van der Waals surface area contributed by atoms with Gasteiger partial charge in [-0.2, -0.15) is 13.2 Å². The summed E-state index contributed by atoms with van der Waals surface area (Å²) in [6.45, 7) is 6.51. The summed E-state index contributed by atoms with van der Waals surface area (Å²) in [4.78, 5) is 51.2. The Balaban J connectivity index is 1.51. The van der Waals surface area contributed by atoms with Crippen LogP contribution in [-0.2, 0) is 14.3 Å². The normalized spacial score (nSPS) is 23.4. The quantitative estimate of drug-likeness (QED) is 0.508. The minimum atomic E-state index is -4.95. The molecule has 3 atom stereocenters. The molecular formula is C28H30F4N6O4S. The minimum absolute atomic E-state index is 0.0365. The van der Waals surface area contributed by atoms with Gasteiger partial charge < -0.3 is 19.9 Å². The summed E-state index contributed by atoms with van der Waals surface area (Å²) in [7, 11) is 1.96. The Morgan fingerprint density at radius 1 is 1.12 bits per heavy atom. The number of nitrogens with zero attached hydrogens (tertiary/aromatic N) is 5. The molecule has 2 fully saturated rings. The number of ether oxygens (including phenoxy) is 1. The van der Waals surface area contributed by atoms with E-state index in [-0.39, 0.29) is 45.6 Å². The molecule has 230 valence electrons. The van der Waals surface area contributed by atoms with Gasteiger partial charge in [0.1, 0.15) is 11.7 Å². The molecule has 3 aliphatic heterocycles. The van der Waals surface area contributed by atoms with Gasteiger partial charge >= 0.3 is 6.18 Å². The topological polar surface area (TPSA) is 107 Å². The number of benzene rings is 1. The SMILES string of the molecule is C[C@@H]1CN(c2cc(F)c(-c3csc(C(=O)N4CCOCC4)n3)cc2NC(=O)C2C=NC(=O)C=C2C(F)(F)F)C[C@H](C)N1C. The van der Waals surface area contributed by atoms with Gasteiger partial charge in [-0.05, 0) is 33.0 Å². The van der Waals surface area contributed by atoms with Crippen LogP contribution in [0.25, 0.3) is 11.3 Å². The lowest BCUT2D eigenvalue weighted by Crippen LogP contribution is -2.55. The van der Waals surface area contributed by atoms with E-state index in [1.165, 1.54) is 17.5 Å². The van der Waals surface area contributed by atoms with Crippen molar-refractivity contribution in [2.45, 2.75) is 32.1 Å². The molecule has 3 amide bonds. The lowest BCUT2D eigenvalue weighted by Gasteiger charge is -2.44. The first-order valence-electron chi connectivity index (χ1n) is 13.6. The Hall–Kier alpha value is -3.69. The molecule has 43 heavy (non-hydrogen) atoms. The van der Waals surface area contributed by atoms with Crippen molar-refractivity contribution in [1.29, 1.82) is 0 Å². The van der Waals surface area contributed by atoms with Crippen LogP contribution in [0.15, 0.2) is 34.2 Å². The molecule has 4 heterocycles. The van der Waals surface area contributed by atoms with Crippen LogP contribution in [0.3, 0.4) is 0 Å². The van der Waals surface area contributed by atoms with Crippen LogP contribution in [0.4, 0.5) is 28.9 Å². The second-order valence-corrected chi connectivity index (χ2v) is 11.6. The highest BCUT2D eigenvalue weighted by molar-refractivity contribution is 7.12. The highest BCUT2D eigenvalue weighted by atomic mass is 32.1. The highest BCUT2D eigenvalue weighted by Gasteiger charge is 2.43. The third kappa shape index (κ3) is 6.48. The van der Waals surface area contributed by atoms with Crippen LogP contribution in [0.5, 0.6) is 0 Å². The van der Waals surface area contributed by atoms with Crippen molar-refractivity contribution in [1.82, 2.24) is 14.8 Å². The van der Waals surface area contributed by atoms with Crippen LogP contribution in [0, 0.1) is 11.7 Å². The monoisotopic (exact) mass is 622 g/mol. The maximum absolute atomic E-state index is 15.7. The zero-order valence-electron chi connectivity index (χ0n) is 23.7. The predicted octanol–water partition coefficient (Wildman–Crippen LogP) is 3.60. The van der Waals surface area contributed by atoms with Crippen LogP contribution in [0.1, 0.15) is 23.6 Å². The Morgan fingerprint density at radius 3 is 2.44 bits per heavy atom. The summed E-state index contributed by atoms with van der Waals surface area (Å²) in [5, 5.41) is 4.20. The van der Waals surface area contributed by atoms with Gasteiger partial charge in [-0.1, -0.05) is 0 Å². The molecule has 0 radical (unpaired) electrons. The number of piperazine rings is 1. The van der Waals surface area contributed by atoms with Crippen molar-refractivity contribution < 1.29 is 36.7 Å². The minimum Gasteiger partial charge on any atom is -0.378 e. The van der Waals surface area contributed by atoms with Crippen LogP contribution in [-0.4, -0.2) is 103 Å². The van der Waals surface area contributed by atoms with Gasteiger partial charge in [0.15, 0.2) is 5.01 Å². The number of aromatic nitrogens is 1. The number of alkyl halides is 3. The van der Waals surface area contributed by atoms with E-state index in [1.807, 2.05) is 25.8 Å². The number of amides is 3.